The fraction of sp³-hybridized carbons (Fsp3) is 0.353. The van der Waals surface area contributed by atoms with Gasteiger partial charge in [-0.1, -0.05) is 36.6 Å². The quantitative estimate of drug-likeness (QED) is 0.931. The lowest BCUT2D eigenvalue weighted by Gasteiger charge is -2.16. The molecule has 1 amide bonds. The molecule has 23 heavy (non-hydrogen) atoms. The molecule has 0 unspecified atom stereocenters. The molecule has 5 nitrogen and oxygen atoms in total. The number of amides is 1. The first-order valence-electron chi connectivity index (χ1n) is 7.68. The fourth-order valence-electron chi connectivity index (χ4n) is 2.98. The summed E-state index contributed by atoms with van der Waals surface area (Å²) in [6, 6.07) is 10.3. The highest BCUT2D eigenvalue weighted by Crippen LogP contribution is 2.29. The van der Waals surface area contributed by atoms with E-state index in [9.17, 15) is 10.1 Å². The number of halogens is 1. The van der Waals surface area contributed by atoms with E-state index in [4.69, 9.17) is 11.6 Å². The van der Waals surface area contributed by atoms with Crippen LogP contribution in [0.3, 0.4) is 0 Å². The van der Waals surface area contributed by atoms with Crippen molar-refractivity contribution in [2.75, 3.05) is 0 Å². The number of aromatic nitrogens is 2. The Bertz CT molecular complexity index is 726. The second-order valence-electron chi connectivity index (χ2n) is 5.69. The maximum Gasteiger partial charge on any atom is 0.270 e. The normalized spacial score (nSPS) is 16.0. The van der Waals surface area contributed by atoms with Gasteiger partial charge in [0.2, 0.25) is 0 Å². The van der Waals surface area contributed by atoms with Gasteiger partial charge in [-0.25, -0.2) is 0 Å². The van der Waals surface area contributed by atoms with Gasteiger partial charge in [-0.05, 0) is 36.6 Å². The second-order valence-corrected chi connectivity index (χ2v) is 6.12. The summed E-state index contributed by atoms with van der Waals surface area (Å²) in [5.74, 6) is -0.282. The molecule has 1 saturated carbocycles. The van der Waals surface area contributed by atoms with Gasteiger partial charge in [-0.2, -0.15) is 10.4 Å². The molecule has 2 aromatic rings. The Hall–Kier alpha value is -2.32. The average molecular weight is 329 g/mol. The minimum absolute atomic E-state index is 0.279. The molecule has 1 aliphatic rings. The van der Waals surface area contributed by atoms with Gasteiger partial charge in [0.1, 0.15) is 11.7 Å². The molecule has 0 spiro atoms. The molecule has 1 aromatic heterocycles. The molecule has 3 rings (SSSR count). The van der Waals surface area contributed by atoms with Crippen LogP contribution in [0.2, 0.25) is 5.02 Å². The number of hydrogen-bond donors (Lipinski definition) is 1. The van der Waals surface area contributed by atoms with Gasteiger partial charge in [0.15, 0.2) is 0 Å². The molecule has 1 N–H and O–H groups in total. The Labute approximate surface area is 139 Å². The minimum Gasteiger partial charge on any atom is -0.331 e. The smallest absolute Gasteiger partial charge is 0.270 e. The zero-order chi connectivity index (χ0) is 16.2. The fourth-order valence-corrected chi connectivity index (χ4v) is 3.11. The highest BCUT2D eigenvalue weighted by Gasteiger charge is 2.24. The van der Waals surface area contributed by atoms with Crippen molar-refractivity contribution in [1.29, 1.82) is 5.26 Å². The van der Waals surface area contributed by atoms with Crippen molar-refractivity contribution in [3.05, 3.63) is 52.8 Å². The van der Waals surface area contributed by atoms with E-state index >= 15 is 0 Å². The zero-order valence-corrected chi connectivity index (χ0v) is 13.3. The van der Waals surface area contributed by atoms with Gasteiger partial charge in [-0.3, -0.25) is 9.48 Å². The molecule has 0 aliphatic heterocycles. The molecular weight excluding hydrogens is 312 g/mol. The van der Waals surface area contributed by atoms with E-state index in [1.807, 2.05) is 0 Å². The third-order valence-corrected chi connectivity index (χ3v) is 4.43. The van der Waals surface area contributed by atoms with Crippen LogP contribution in [0.15, 0.2) is 36.5 Å². The number of carbonyl (C=O) groups is 1. The predicted molar refractivity (Wildman–Crippen MR) is 87.0 cm³/mol. The Kier molecular flexibility index (Phi) is 4.63. The third-order valence-electron chi connectivity index (χ3n) is 4.18. The van der Waals surface area contributed by atoms with Crippen molar-refractivity contribution in [1.82, 2.24) is 15.1 Å². The van der Waals surface area contributed by atoms with Crippen molar-refractivity contribution in [2.45, 2.75) is 37.8 Å². The molecule has 1 atom stereocenters. The van der Waals surface area contributed by atoms with Crippen LogP contribution in [0.1, 0.15) is 53.8 Å². The summed E-state index contributed by atoms with van der Waals surface area (Å²) >= 11 is 5.86. The summed E-state index contributed by atoms with van der Waals surface area (Å²) in [4.78, 5) is 12.5. The Morgan fingerprint density at radius 1 is 1.30 bits per heavy atom. The maximum absolute atomic E-state index is 12.5. The highest BCUT2D eigenvalue weighted by atomic mass is 35.5. The van der Waals surface area contributed by atoms with Gasteiger partial charge >= 0.3 is 0 Å². The third kappa shape index (κ3) is 3.38. The Morgan fingerprint density at radius 2 is 2.00 bits per heavy atom. The van der Waals surface area contributed by atoms with Crippen LogP contribution in [-0.4, -0.2) is 15.7 Å². The molecule has 1 fully saturated rings. The largest absolute Gasteiger partial charge is 0.331 e. The van der Waals surface area contributed by atoms with Gasteiger partial charge in [0, 0.05) is 11.2 Å². The van der Waals surface area contributed by atoms with Crippen molar-refractivity contribution in [2.24, 2.45) is 0 Å². The number of carbonyl (C=O) groups excluding carboxylic acids is 1. The number of benzene rings is 1. The van der Waals surface area contributed by atoms with Gasteiger partial charge in [0.05, 0.1) is 12.1 Å². The SMILES string of the molecule is N#C[C@@H](NC(=O)c1ccnn1C1CCCC1)c1ccc(Cl)cc1. The first-order chi connectivity index (χ1) is 11.2. The van der Waals surface area contributed by atoms with Crippen LogP contribution in [0.25, 0.3) is 0 Å². The van der Waals surface area contributed by atoms with E-state index < -0.39 is 6.04 Å². The number of nitriles is 1. The first-order valence-corrected chi connectivity index (χ1v) is 8.06. The lowest BCUT2D eigenvalue weighted by Crippen LogP contribution is -2.30. The minimum atomic E-state index is -0.716. The van der Waals surface area contributed by atoms with Gasteiger partial charge in [0.25, 0.3) is 5.91 Å². The summed E-state index contributed by atoms with van der Waals surface area (Å²) < 4.78 is 1.79. The number of nitrogens with one attached hydrogen (secondary N) is 1. The van der Waals surface area contributed by atoms with Gasteiger partial charge < -0.3 is 5.32 Å². The van der Waals surface area contributed by atoms with E-state index in [1.165, 1.54) is 0 Å². The summed E-state index contributed by atoms with van der Waals surface area (Å²) in [5, 5.41) is 17.0. The van der Waals surface area contributed by atoms with Crippen LogP contribution in [0.4, 0.5) is 0 Å². The van der Waals surface area contributed by atoms with Crippen molar-refractivity contribution in [3.63, 3.8) is 0 Å². The molecule has 1 aromatic carbocycles. The molecule has 1 heterocycles. The van der Waals surface area contributed by atoms with E-state index in [0.717, 1.165) is 25.7 Å². The number of nitrogens with zero attached hydrogens (tertiary/aromatic N) is 3. The average Bonchev–Trinajstić information content (AvgIpc) is 3.23. The monoisotopic (exact) mass is 328 g/mol. The van der Waals surface area contributed by atoms with Crippen LogP contribution in [0, 0.1) is 11.3 Å². The summed E-state index contributed by atoms with van der Waals surface area (Å²) in [5.41, 5.74) is 1.21. The standard InChI is InChI=1S/C17H17ClN4O/c18-13-7-5-12(6-8-13)15(11-19)21-17(23)16-9-10-20-22(16)14-3-1-2-4-14/h5-10,14-15H,1-4H2,(H,21,23)/t15-/m1/s1. The van der Waals surface area contributed by atoms with E-state index in [2.05, 4.69) is 16.5 Å². The molecular formula is C17H17ClN4O. The highest BCUT2D eigenvalue weighted by molar-refractivity contribution is 6.30. The molecule has 0 radical (unpaired) electrons. The second kappa shape index (κ2) is 6.84. The zero-order valence-electron chi connectivity index (χ0n) is 12.6. The van der Waals surface area contributed by atoms with E-state index in [1.54, 1.807) is 41.2 Å². The summed E-state index contributed by atoms with van der Waals surface area (Å²) in [7, 11) is 0. The maximum atomic E-state index is 12.5. The summed E-state index contributed by atoms with van der Waals surface area (Å²) in [6.07, 6.45) is 6.05. The summed E-state index contributed by atoms with van der Waals surface area (Å²) in [6.45, 7) is 0. The lowest BCUT2D eigenvalue weighted by atomic mass is 10.1. The van der Waals surface area contributed by atoms with Crippen LogP contribution >= 0.6 is 11.6 Å². The first kappa shape index (κ1) is 15.6. The Balaban J connectivity index is 1.77. The molecule has 118 valence electrons. The van der Waals surface area contributed by atoms with Crippen LogP contribution < -0.4 is 5.32 Å². The van der Waals surface area contributed by atoms with E-state index in [-0.39, 0.29) is 11.9 Å². The molecule has 0 saturated heterocycles. The van der Waals surface area contributed by atoms with Crippen molar-refractivity contribution >= 4 is 17.5 Å². The number of rotatable bonds is 4. The lowest BCUT2D eigenvalue weighted by molar-refractivity contribution is 0.0931. The van der Waals surface area contributed by atoms with Crippen LogP contribution in [-0.2, 0) is 0 Å². The Morgan fingerprint density at radius 3 is 2.65 bits per heavy atom. The topological polar surface area (TPSA) is 70.7 Å². The predicted octanol–water partition coefficient (Wildman–Crippen LogP) is 3.65. The molecule has 1 aliphatic carbocycles. The molecule has 6 heteroatoms. The van der Waals surface area contributed by atoms with Crippen molar-refractivity contribution < 1.29 is 4.79 Å². The van der Waals surface area contributed by atoms with E-state index in [0.29, 0.717) is 16.3 Å². The van der Waals surface area contributed by atoms with Crippen molar-refractivity contribution in [3.8, 4) is 6.07 Å². The number of hydrogen-bond acceptors (Lipinski definition) is 3. The van der Waals surface area contributed by atoms with Gasteiger partial charge in [-0.15, -0.1) is 0 Å². The molecule has 0 bridgehead atoms. The van der Waals surface area contributed by atoms with Crippen LogP contribution in [0.5, 0.6) is 0 Å².